The summed E-state index contributed by atoms with van der Waals surface area (Å²) in [5, 5.41) is 4.13. The van der Waals surface area contributed by atoms with Gasteiger partial charge in [-0.15, -0.1) is 0 Å². The van der Waals surface area contributed by atoms with E-state index < -0.39 is 0 Å². The second kappa shape index (κ2) is 5.97. The zero-order valence-corrected chi connectivity index (χ0v) is 8.72. The molecule has 0 aliphatic heterocycles. The van der Waals surface area contributed by atoms with Crippen LogP contribution in [-0.4, -0.2) is 9.78 Å². The Balaban J connectivity index is 0.000000461. The lowest BCUT2D eigenvalue weighted by atomic mass is 10.2. The van der Waals surface area contributed by atoms with Gasteiger partial charge in [-0.25, -0.2) is 0 Å². The van der Waals surface area contributed by atoms with Crippen LogP contribution in [0.3, 0.4) is 0 Å². The Kier molecular flexibility index (Phi) is 4.48. The molecular formula is C12H16N2. The summed E-state index contributed by atoms with van der Waals surface area (Å²) in [6.07, 6.45) is 3.76. The summed E-state index contributed by atoms with van der Waals surface area (Å²) in [6, 6.07) is 12.2. The van der Waals surface area contributed by atoms with Crippen LogP contribution in [0.1, 0.15) is 19.4 Å². The molecule has 0 atom stereocenters. The largest absolute Gasteiger partial charge is 0.268 e. The van der Waals surface area contributed by atoms with Crippen LogP contribution in [0, 0.1) is 0 Å². The van der Waals surface area contributed by atoms with Crippen LogP contribution in [0.25, 0.3) is 0 Å². The fourth-order valence-electron chi connectivity index (χ4n) is 1.16. The molecule has 0 aliphatic rings. The molecule has 0 aliphatic carbocycles. The monoisotopic (exact) mass is 188 g/mol. The molecule has 0 amide bonds. The van der Waals surface area contributed by atoms with Crippen LogP contribution in [-0.2, 0) is 6.54 Å². The first kappa shape index (κ1) is 10.5. The summed E-state index contributed by atoms with van der Waals surface area (Å²) in [4.78, 5) is 0. The Morgan fingerprint density at radius 1 is 1.07 bits per heavy atom. The first-order chi connectivity index (χ1) is 6.95. The minimum atomic E-state index is 0.855. The van der Waals surface area contributed by atoms with Gasteiger partial charge in [-0.2, -0.15) is 5.10 Å². The summed E-state index contributed by atoms with van der Waals surface area (Å²) in [5.41, 5.74) is 1.28. The van der Waals surface area contributed by atoms with E-state index in [-0.39, 0.29) is 0 Å². The fraction of sp³-hybridized carbons (Fsp3) is 0.250. The molecule has 2 rings (SSSR count). The summed E-state index contributed by atoms with van der Waals surface area (Å²) >= 11 is 0. The summed E-state index contributed by atoms with van der Waals surface area (Å²) in [6.45, 7) is 4.86. The molecule has 74 valence electrons. The first-order valence-corrected chi connectivity index (χ1v) is 4.96. The molecule has 0 spiro atoms. The van der Waals surface area contributed by atoms with E-state index >= 15 is 0 Å². The lowest BCUT2D eigenvalue weighted by Gasteiger charge is -1.99. The second-order valence-corrected chi connectivity index (χ2v) is 2.69. The van der Waals surface area contributed by atoms with Gasteiger partial charge in [-0.3, -0.25) is 4.68 Å². The van der Waals surface area contributed by atoms with E-state index in [4.69, 9.17) is 0 Å². The van der Waals surface area contributed by atoms with E-state index in [9.17, 15) is 0 Å². The normalized spacial score (nSPS) is 9.00. The molecule has 14 heavy (non-hydrogen) atoms. The zero-order chi connectivity index (χ0) is 10.2. The maximum Gasteiger partial charge on any atom is 0.0659 e. The predicted octanol–water partition coefficient (Wildman–Crippen LogP) is 2.96. The molecule has 0 fully saturated rings. The van der Waals surface area contributed by atoms with Crippen molar-refractivity contribution in [2.45, 2.75) is 20.4 Å². The minimum absolute atomic E-state index is 0.855. The Bertz CT molecular complexity index is 324. The predicted molar refractivity (Wildman–Crippen MR) is 59.1 cm³/mol. The maximum absolute atomic E-state index is 4.13. The first-order valence-electron chi connectivity index (χ1n) is 4.96. The summed E-state index contributed by atoms with van der Waals surface area (Å²) < 4.78 is 1.91. The molecule has 0 radical (unpaired) electrons. The number of aromatic nitrogens is 2. The molecule has 0 unspecified atom stereocenters. The van der Waals surface area contributed by atoms with Gasteiger partial charge in [0.25, 0.3) is 0 Å². The van der Waals surface area contributed by atoms with Gasteiger partial charge in [-0.1, -0.05) is 44.2 Å². The molecule has 2 nitrogen and oxygen atoms in total. The van der Waals surface area contributed by atoms with Gasteiger partial charge in [0.1, 0.15) is 0 Å². The Morgan fingerprint density at radius 2 is 1.79 bits per heavy atom. The van der Waals surface area contributed by atoms with E-state index in [1.54, 1.807) is 6.20 Å². The van der Waals surface area contributed by atoms with Crippen molar-refractivity contribution in [2.75, 3.05) is 0 Å². The average Bonchev–Trinajstić information content (AvgIpc) is 2.75. The van der Waals surface area contributed by atoms with Crippen LogP contribution in [0.5, 0.6) is 0 Å². The highest BCUT2D eigenvalue weighted by Crippen LogP contribution is 2.00. The van der Waals surface area contributed by atoms with Gasteiger partial charge >= 0.3 is 0 Å². The fourth-order valence-corrected chi connectivity index (χ4v) is 1.16. The van der Waals surface area contributed by atoms with E-state index in [0.29, 0.717) is 0 Å². The van der Waals surface area contributed by atoms with E-state index in [2.05, 4.69) is 17.2 Å². The SMILES string of the molecule is CC.c1ccc(Cn2cccn2)cc1. The van der Waals surface area contributed by atoms with Crippen molar-refractivity contribution in [1.82, 2.24) is 9.78 Å². The molecule has 2 aromatic rings. The van der Waals surface area contributed by atoms with E-state index in [1.165, 1.54) is 5.56 Å². The highest BCUT2D eigenvalue weighted by atomic mass is 15.3. The summed E-state index contributed by atoms with van der Waals surface area (Å²) in [7, 11) is 0. The molecule has 1 heterocycles. The molecule has 0 bridgehead atoms. The molecule has 0 saturated heterocycles. The molecule has 1 aromatic carbocycles. The van der Waals surface area contributed by atoms with Crippen LogP contribution in [0.2, 0.25) is 0 Å². The third kappa shape index (κ3) is 3.05. The molecule has 1 aromatic heterocycles. The van der Waals surface area contributed by atoms with Gasteiger partial charge in [0.15, 0.2) is 0 Å². The van der Waals surface area contributed by atoms with Crippen LogP contribution in [0.15, 0.2) is 48.8 Å². The highest BCUT2D eigenvalue weighted by molar-refractivity contribution is 5.14. The number of nitrogens with zero attached hydrogens (tertiary/aromatic N) is 2. The molecule has 0 N–H and O–H groups in total. The molecule has 2 heteroatoms. The van der Waals surface area contributed by atoms with Gasteiger partial charge in [0.2, 0.25) is 0 Å². The maximum atomic E-state index is 4.13. The van der Waals surface area contributed by atoms with Gasteiger partial charge in [0, 0.05) is 12.4 Å². The Hall–Kier alpha value is -1.57. The van der Waals surface area contributed by atoms with Crippen LogP contribution >= 0.6 is 0 Å². The standard InChI is InChI=1S/C10H10N2.C2H6/c1-2-5-10(6-3-1)9-12-8-4-7-11-12;1-2/h1-8H,9H2;1-2H3. The van der Waals surface area contributed by atoms with Gasteiger partial charge in [0.05, 0.1) is 6.54 Å². The van der Waals surface area contributed by atoms with Crippen molar-refractivity contribution in [3.63, 3.8) is 0 Å². The van der Waals surface area contributed by atoms with Gasteiger partial charge in [-0.05, 0) is 11.6 Å². The van der Waals surface area contributed by atoms with Crippen molar-refractivity contribution in [2.24, 2.45) is 0 Å². The van der Waals surface area contributed by atoms with Crippen molar-refractivity contribution >= 4 is 0 Å². The van der Waals surface area contributed by atoms with Crippen molar-refractivity contribution in [1.29, 1.82) is 0 Å². The minimum Gasteiger partial charge on any atom is -0.268 e. The smallest absolute Gasteiger partial charge is 0.0659 e. The van der Waals surface area contributed by atoms with E-state index in [1.807, 2.05) is 49.0 Å². The third-order valence-corrected chi connectivity index (χ3v) is 1.75. The number of hydrogen-bond donors (Lipinski definition) is 0. The topological polar surface area (TPSA) is 17.8 Å². The molecular weight excluding hydrogens is 172 g/mol. The number of hydrogen-bond acceptors (Lipinski definition) is 1. The van der Waals surface area contributed by atoms with Crippen molar-refractivity contribution in [3.8, 4) is 0 Å². The van der Waals surface area contributed by atoms with Crippen molar-refractivity contribution in [3.05, 3.63) is 54.4 Å². The Labute approximate surface area is 85.2 Å². The number of rotatable bonds is 2. The quantitative estimate of drug-likeness (QED) is 0.708. The van der Waals surface area contributed by atoms with Crippen LogP contribution in [0.4, 0.5) is 0 Å². The highest BCUT2D eigenvalue weighted by Gasteiger charge is 1.91. The van der Waals surface area contributed by atoms with Gasteiger partial charge < -0.3 is 0 Å². The lowest BCUT2D eigenvalue weighted by Crippen LogP contribution is -1.98. The Morgan fingerprint density at radius 3 is 2.36 bits per heavy atom. The average molecular weight is 188 g/mol. The lowest BCUT2D eigenvalue weighted by molar-refractivity contribution is 0.687. The third-order valence-electron chi connectivity index (χ3n) is 1.75. The molecule has 0 saturated carbocycles. The van der Waals surface area contributed by atoms with Crippen molar-refractivity contribution < 1.29 is 0 Å². The summed E-state index contributed by atoms with van der Waals surface area (Å²) in [5.74, 6) is 0. The zero-order valence-electron chi connectivity index (χ0n) is 8.72. The number of benzene rings is 1. The van der Waals surface area contributed by atoms with E-state index in [0.717, 1.165) is 6.54 Å². The van der Waals surface area contributed by atoms with Crippen LogP contribution < -0.4 is 0 Å². The second-order valence-electron chi connectivity index (χ2n) is 2.69.